The van der Waals surface area contributed by atoms with Crippen molar-refractivity contribution >= 4 is 17.5 Å². The molecule has 2 aromatic rings. The van der Waals surface area contributed by atoms with Crippen LogP contribution in [0.3, 0.4) is 0 Å². The van der Waals surface area contributed by atoms with Crippen LogP contribution in [0.5, 0.6) is 5.75 Å². The van der Waals surface area contributed by atoms with Gasteiger partial charge in [-0.3, -0.25) is 14.5 Å². The number of carbonyl (C=O) groups is 2. The molecule has 138 valence electrons. The number of primary amides is 1. The fourth-order valence-corrected chi connectivity index (χ4v) is 2.44. The summed E-state index contributed by atoms with van der Waals surface area (Å²) in [6, 6.07) is 16.2. The van der Waals surface area contributed by atoms with E-state index in [9.17, 15) is 9.59 Å². The lowest BCUT2D eigenvalue weighted by atomic mass is 10.2. The van der Waals surface area contributed by atoms with E-state index < -0.39 is 5.91 Å². The van der Waals surface area contributed by atoms with Crippen LogP contribution in [0, 0.1) is 0 Å². The average molecular weight is 355 g/mol. The molecule has 0 bridgehead atoms. The van der Waals surface area contributed by atoms with Gasteiger partial charge in [0.15, 0.2) is 0 Å². The Morgan fingerprint density at radius 2 is 1.73 bits per heavy atom. The van der Waals surface area contributed by atoms with Gasteiger partial charge in [-0.1, -0.05) is 25.1 Å². The molecule has 0 saturated heterocycles. The maximum atomic E-state index is 12.1. The molecule has 0 radical (unpaired) electrons. The number of nitrogens with one attached hydrogen (secondary N) is 1. The van der Waals surface area contributed by atoms with E-state index in [1.54, 1.807) is 24.3 Å². The summed E-state index contributed by atoms with van der Waals surface area (Å²) in [5.74, 6) is 0.291. The molecule has 0 saturated carbocycles. The number of para-hydroxylation sites is 1. The van der Waals surface area contributed by atoms with E-state index in [-0.39, 0.29) is 5.91 Å². The van der Waals surface area contributed by atoms with Crippen molar-refractivity contribution in [1.29, 1.82) is 0 Å². The average Bonchev–Trinajstić information content (AvgIpc) is 2.65. The first kappa shape index (κ1) is 19.5. The second kappa shape index (κ2) is 10.2. The molecule has 0 aliphatic heterocycles. The molecule has 2 aromatic carbocycles. The third kappa shape index (κ3) is 6.57. The molecule has 0 aromatic heterocycles. The summed E-state index contributed by atoms with van der Waals surface area (Å²) in [6.45, 7) is 4.89. The Balaban J connectivity index is 1.71. The third-order valence-corrected chi connectivity index (χ3v) is 3.97. The SMILES string of the molecule is CCN(CCOc1ccccc1)CCC(=O)Nc1ccc(C(N)=O)cc1. The minimum Gasteiger partial charge on any atom is -0.492 e. The van der Waals surface area contributed by atoms with Crippen molar-refractivity contribution in [3.05, 3.63) is 60.2 Å². The zero-order valence-electron chi connectivity index (χ0n) is 15.0. The number of amides is 2. The lowest BCUT2D eigenvalue weighted by Crippen LogP contribution is -2.31. The highest BCUT2D eigenvalue weighted by Gasteiger charge is 2.08. The number of hydrogen-bond acceptors (Lipinski definition) is 4. The predicted octanol–water partition coefficient (Wildman–Crippen LogP) is 2.51. The largest absolute Gasteiger partial charge is 0.492 e. The molecule has 6 heteroatoms. The number of benzene rings is 2. The monoisotopic (exact) mass is 355 g/mol. The van der Waals surface area contributed by atoms with E-state index >= 15 is 0 Å². The molecule has 0 aliphatic carbocycles. The van der Waals surface area contributed by atoms with Crippen molar-refractivity contribution in [3.63, 3.8) is 0 Å². The van der Waals surface area contributed by atoms with Crippen LogP contribution in [-0.2, 0) is 4.79 Å². The number of ether oxygens (including phenoxy) is 1. The van der Waals surface area contributed by atoms with E-state index in [1.807, 2.05) is 30.3 Å². The van der Waals surface area contributed by atoms with Gasteiger partial charge in [-0.2, -0.15) is 0 Å². The Labute approximate surface area is 153 Å². The minimum absolute atomic E-state index is 0.0701. The molecule has 0 atom stereocenters. The van der Waals surface area contributed by atoms with Crippen LogP contribution in [0.4, 0.5) is 5.69 Å². The van der Waals surface area contributed by atoms with Crippen LogP contribution in [0.15, 0.2) is 54.6 Å². The first-order valence-corrected chi connectivity index (χ1v) is 8.68. The van der Waals surface area contributed by atoms with Gasteiger partial charge in [0.05, 0.1) is 0 Å². The molecular formula is C20H25N3O3. The number of rotatable bonds is 10. The van der Waals surface area contributed by atoms with Crippen LogP contribution < -0.4 is 15.8 Å². The zero-order valence-corrected chi connectivity index (χ0v) is 15.0. The first-order valence-electron chi connectivity index (χ1n) is 8.68. The van der Waals surface area contributed by atoms with E-state index in [2.05, 4.69) is 17.1 Å². The van der Waals surface area contributed by atoms with Gasteiger partial charge in [-0.15, -0.1) is 0 Å². The van der Waals surface area contributed by atoms with Gasteiger partial charge in [-0.25, -0.2) is 0 Å². The minimum atomic E-state index is -0.487. The van der Waals surface area contributed by atoms with E-state index in [4.69, 9.17) is 10.5 Å². The summed E-state index contributed by atoms with van der Waals surface area (Å²) < 4.78 is 5.69. The number of carbonyl (C=O) groups excluding carboxylic acids is 2. The van der Waals surface area contributed by atoms with Crippen LogP contribution in [0.2, 0.25) is 0 Å². The molecule has 0 aliphatic rings. The Bertz CT molecular complexity index is 702. The number of likely N-dealkylation sites (N-methyl/N-ethyl adjacent to an activating group) is 1. The van der Waals surface area contributed by atoms with Crippen molar-refractivity contribution in [2.75, 3.05) is 31.6 Å². The molecule has 0 unspecified atom stereocenters. The molecule has 3 N–H and O–H groups in total. The molecular weight excluding hydrogens is 330 g/mol. The third-order valence-electron chi connectivity index (χ3n) is 3.97. The number of nitrogens with two attached hydrogens (primary N) is 1. The maximum absolute atomic E-state index is 12.1. The van der Waals surface area contributed by atoms with Gasteiger partial charge in [-0.05, 0) is 42.9 Å². The molecule has 0 fully saturated rings. The lowest BCUT2D eigenvalue weighted by Gasteiger charge is -2.20. The highest BCUT2D eigenvalue weighted by Crippen LogP contribution is 2.10. The van der Waals surface area contributed by atoms with E-state index in [0.29, 0.717) is 30.8 Å². The van der Waals surface area contributed by atoms with Crippen molar-refractivity contribution in [2.24, 2.45) is 5.73 Å². The Hall–Kier alpha value is -2.86. The number of anilines is 1. The standard InChI is InChI=1S/C20H25N3O3/c1-2-23(14-15-26-18-6-4-3-5-7-18)13-12-19(24)22-17-10-8-16(9-11-17)20(21)25/h3-11H,2,12-15H2,1H3,(H2,21,25)(H,22,24). The molecule has 0 heterocycles. The van der Waals surface area contributed by atoms with Crippen molar-refractivity contribution in [2.45, 2.75) is 13.3 Å². The van der Waals surface area contributed by atoms with Gasteiger partial charge in [0.25, 0.3) is 0 Å². The predicted molar refractivity (Wildman–Crippen MR) is 102 cm³/mol. The molecule has 0 spiro atoms. The first-order chi connectivity index (χ1) is 12.6. The van der Waals surface area contributed by atoms with Gasteiger partial charge in [0.2, 0.25) is 11.8 Å². The Morgan fingerprint density at radius 3 is 2.35 bits per heavy atom. The van der Waals surface area contributed by atoms with E-state index in [0.717, 1.165) is 18.8 Å². The summed E-state index contributed by atoms with van der Waals surface area (Å²) in [4.78, 5) is 25.3. The highest BCUT2D eigenvalue weighted by atomic mass is 16.5. The number of nitrogens with zero attached hydrogens (tertiary/aromatic N) is 1. The summed E-state index contributed by atoms with van der Waals surface area (Å²) in [7, 11) is 0. The summed E-state index contributed by atoms with van der Waals surface area (Å²) in [6.07, 6.45) is 0.386. The highest BCUT2D eigenvalue weighted by molar-refractivity contribution is 5.94. The molecule has 26 heavy (non-hydrogen) atoms. The van der Waals surface area contributed by atoms with Crippen molar-refractivity contribution in [1.82, 2.24) is 4.90 Å². The van der Waals surface area contributed by atoms with Gasteiger partial charge in [0.1, 0.15) is 12.4 Å². The van der Waals surface area contributed by atoms with Crippen LogP contribution >= 0.6 is 0 Å². The topological polar surface area (TPSA) is 84.7 Å². The fraction of sp³-hybridized carbons (Fsp3) is 0.300. The van der Waals surface area contributed by atoms with E-state index in [1.165, 1.54) is 0 Å². The second-order valence-electron chi connectivity index (χ2n) is 5.84. The van der Waals surface area contributed by atoms with Gasteiger partial charge >= 0.3 is 0 Å². The summed E-state index contributed by atoms with van der Waals surface area (Å²) >= 11 is 0. The summed E-state index contributed by atoms with van der Waals surface area (Å²) in [5.41, 5.74) is 6.26. The molecule has 6 nitrogen and oxygen atoms in total. The quantitative estimate of drug-likeness (QED) is 0.686. The van der Waals surface area contributed by atoms with Crippen LogP contribution in [-0.4, -0.2) is 43.0 Å². The Kier molecular flexibility index (Phi) is 7.64. The van der Waals surface area contributed by atoms with Crippen molar-refractivity contribution in [3.8, 4) is 5.75 Å². The van der Waals surface area contributed by atoms with Crippen molar-refractivity contribution < 1.29 is 14.3 Å². The van der Waals surface area contributed by atoms with Gasteiger partial charge < -0.3 is 15.8 Å². The Morgan fingerprint density at radius 1 is 1.04 bits per heavy atom. The van der Waals surface area contributed by atoms with Crippen LogP contribution in [0.1, 0.15) is 23.7 Å². The second-order valence-corrected chi connectivity index (χ2v) is 5.84. The molecule has 2 rings (SSSR count). The van der Waals surface area contributed by atoms with Crippen LogP contribution in [0.25, 0.3) is 0 Å². The zero-order chi connectivity index (χ0) is 18.8. The smallest absolute Gasteiger partial charge is 0.248 e. The number of hydrogen-bond donors (Lipinski definition) is 2. The normalized spacial score (nSPS) is 10.5. The lowest BCUT2D eigenvalue weighted by molar-refractivity contribution is -0.116. The molecule has 2 amide bonds. The fourth-order valence-electron chi connectivity index (χ4n) is 2.44. The maximum Gasteiger partial charge on any atom is 0.248 e. The summed E-state index contributed by atoms with van der Waals surface area (Å²) in [5, 5.41) is 2.82. The van der Waals surface area contributed by atoms with Gasteiger partial charge in [0, 0.05) is 30.8 Å².